The van der Waals surface area contributed by atoms with Crippen LogP contribution in [0.3, 0.4) is 0 Å². The summed E-state index contributed by atoms with van der Waals surface area (Å²) in [6.45, 7) is 1.55. The topological polar surface area (TPSA) is 34.1 Å². The fourth-order valence-electron chi connectivity index (χ4n) is 0.584. The third-order valence-corrected chi connectivity index (χ3v) is 1.80. The average molecular weight is 160 g/mol. The van der Waals surface area contributed by atoms with Gasteiger partial charge in [0.25, 0.3) is 0 Å². The lowest BCUT2D eigenvalue weighted by Crippen LogP contribution is -1.94. The number of carbonyl (C=O) groups excluding carboxylic acids is 2. The largest absolute Gasteiger partial charge is 0.300 e. The first-order valence-electron chi connectivity index (χ1n) is 3.23. The zero-order chi connectivity index (χ0) is 7.98. The Morgan fingerprint density at radius 1 is 1.30 bits per heavy atom. The summed E-state index contributed by atoms with van der Waals surface area (Å²) in [6, 6.07) is 0. The van der Waals surface area contributed by atoms with Crippen LogP contribution < -0.4 is 0 Å². The highest BCUT2D eigenvalue weighted by Crippen LogP contribution is 2.04. The van der Waals surface area contributed by atoms with Gasteiger partial charge in [-0.1, -0.05) is 11.8 Å². The van der Waals surface area contributed by atoms with Crippen molar-refractivity contribution in [2.75, 3.05) is 6.26 Å². The highest BCUT2D eigenvalue weighted by Gasteiger charge is 1.99. The summed E-state index contributed by atoms with van der Waals surface area (Å²) in [5, 5.41) is 0.168. The quantitative estimate of drug-likeness (QED) is 0.627. The molecule has 0 saturated carbocycles. The van der Waals surface area contributed by atoms with E-state index in [2.05, 4.69) is 0 Å². The molecular formula is C7H12O2S. The van der Waals surface area contributed by atoms with Gasteiger partial charge >= 0.3 is 0 Å². The Balaban J connectivity index is 3.20. The Hall–Kier alpha value is -0.310. The molecule has 0 aromatic rings. The standard InChI is InChI=1S/C7H12O2S/c1-6(8)4-3-5-7(9)10-2/h3-5H2,1-2H3. The van der Waals surface area contributed by atoms with Gasteiger partial charge in [-0.2, -0.15) is 0 Å². The summed E-state index contributed by atoms with van der Waals surface area (Å²) in [6.07, 6.45) is 3.53. The molecular weight excluding hydrogens is 148 g/mol. The molecule has 0 radical (unpaired) electrons. The maximum absolute atomic E-state index is 10.6. The van der Waals surface area contributed by atoms with Crippen molar-refractivity contribution in [3.63, 3.8) is 0 Å². The van der Waals surface area contributed by atoms with Gasteiger partial charge in [0, 0.05) is 12.8 Å². The van der Waals surface area contributed by atoms with Crippen LogP contribution in [0.25, 0.3) is 0 Å². The molecule has 10 heavy (non-hydrogen) atoms. The normalized spacial score (nSPS) is 9.40. The summed E-state index contributed by atoms with van der Waals surface area (Å²) < 4.78 is 0. The van der Waals surface area contributed by atoms with Crippen LogP contribution in [0.2, 0.25) is 0 Å². The fraction of sp³-hybridized carbons (Fsp3) is 0.714. The molecule has 2 nitrogen and oxygen atoms in total. The average Bonchev–Trinajstić information content (AvgIpc) is 1.87. The van der Waals surface area contributed by atoms with E-state index >= 15 is 0 Å². The molecule has 3 heteroatoms. The smallest absolute Gasteiger partial charge is 0.188 e. The Kier molecular flexibility index (Phi) is 5.30. The number of rotatable bonds is 4. The molecule has 0 atom stereocenters. The van der Waals surface area contributed by atoms with Crippen LogP contribution in [0, 0.1) is 0 Å². The number of hydrogen-bond acceptors (Lipinski definition) is 3. The van der Waals surface area contributed by atoms with E-state index in [4.69, 9.17) is 0 Å². The molecule has 0 saturated heterocycles. The zero-order valence-corrected chi connectivity index (χ0v) is 7.16. The van der Waals surface area contributed by atoms with E-state index < -0.39 is 0 Å². The van der Waals surface area contributed by atoms with E-state index in [0.29, 0.717) is 19.3 Å². The highest BCUT2D eigenvalue weighted by atomic mass is 32.2. The summed E-state index contributed by atoms with van der Waals surface area (Å²) in [4.78, 5) is 21.0. The third-order valence-electron chi connectivity index (χ3n) is 1.14. The van der Waals surface area contributed by atoms with Crippen LogP contribution in [0.4, 0.5) is 0 Å². The molecule has 0 aromatic carbocycles. The van der Waals surface area contributed by atoms with Crippen LogP contribution in [-0.2, 0) is 9.59 Å². The molecule has 0 N–H and O–H groups in total. The molecule has 0 spiro atoms. The Bertz CT molecular complexity index is 132. The fourth-order valence-corrected chi connectivity index (χ4v) is 0.932. The van der Waals surface area contributed by atoms with Gasteiger partial charge in [-0.05, 0) is 19.6 Å². The van der Waals surface area contributed by atoms with Gasteiger partial charge in [0.15, 0.2) is 5.12 Å². The number of thioether (sulfide) groups is 1. The Morgan fingerprint density at radius 3 is 2.30 bits per heavy atom. The van der Waals surface area contributed by atoms with E-state index in [1.165, 1.54) is 11.8 Å². The van der Waals surface area contributed by atoms with E-state index in [1.807, 2.05) is 0 Å². The van der Waals surface area contributed by atoms with Crippen LogP contribution >= 0.6 is 11.8 Å². The maximum atomic E-state index is 10.6. The van der Waals surface area contributed by atoms with E-state index in [9.17, 15) is 9.59 Å². The van der Waals surface area contributed by atoms with Gasteiger partial charge in [-0.15, -0.1) is 0 Å². The predicted molar refractivity (Wildman–Crippen MR) is 43.1 cm³/mol. The molecule has 0 heterocycles. The van der Waals surface area contributed by atoms with Gasteiger partial charge in [0.05, 0.1) is 0 Å². The van der Waals surface area contributed by atoms with Crippen molar-refractivity contribution in [3.05, 3.63) is 0 Å². The lowest BCUT2D eigenvalue weighted by molar-refractivity contribution is -0.117. The molecule has 0 aliphatic rings. The lowest BCUT2D eigenvalue weighted by Gasteiger charge is -1.93. The third kappa shape index (κ3) is 5.82. The second kappa shape index (κ2) is 5.47. The van der Waals surface area contributed by atoms with Crippen molar-refractivity contribution in [1.82, 2.24) is 0 Å². The van der Waals surface area contributed by atoms with Crippen LogP contribution in [0.1, 0.15) is 26.2 Å². The first kappa shape index (κ1) is 9.69. The molecule has 0 aliphatic carbocycles. The monoisotopic (exact) mass is 160 g/mol. The van der Waals surface area contributed by atoms with Crippen molar-refractivity contribution in [1.29, 1.82) is 0 Å². The molecule has 58 valence electrons. The molecule has 0 aliphatic heterocycles. The number of hydrogen-bond donors (Lipinski definition) is 0. The number of Topliss-reactive ketones (excluding diaryl/α,β-unsaturated/α-hetero) is 1. The first-order valence-corrected chi connectivity index (χ1v) is 4.45. The summed E-state index contributed by atoms with van der Waals surface area (Å²) >= 11 is 1.23. The van der Waals surface area contributed by atoms with Crippen LogP contribution in [0.15, 0.2) is 0 Å². The highest BCUT2D eigenvalue weighted by molar-refractivity contribution is 8.13. The van der Waals surface area contributed by atoms with E-state index in [-0.39, 0.29) is 10.9 Å². The summed E-state index contributed by atoms with van der Waals surface area (Å²) in [7, 11) is 0. The Labute approximate surface area is 65.4 Å². The molecule has 0 bridgehead atoms. The maximum Gasteiger partial charge on any atom is 0.188 e. The van der Waals surface area contributed by atoms with Crippen molar-refractivity contribution < 1.29 is 9.59 Å². The SMILES string of the molecule is CSC(=O)CCCC(C)=O. The minimum Gasteiger partial charge on any atom is -0.300 e. The van der Waals surface area contributed by atoms with Crippen molar-refractivity contribution in [3.8, 4) is 0 Å². The number of carbonyl (C=O) groups is 2. The summed E-state index contributed by atoms with van der Waals surface area (Å²) in [5.74, 6) is 0.161. The van der Waals surface area contributed by atoms with Crippen molar-refractivity contribution in [2.45, 2.75) is 26.2 Å². The van der Waals surface area contributed by atoms with Crippen LogP contribution in [0.5, 0.6) is 0 Å². The number of ketones is 1. The minimum atomic E-state index is 0.161. The van der Waals surface area contributed by atoms with Crippen molar-refractivity contribution >= 4 is 22.7 Å². The molecule has 0 fully saturated rings. The van der Waals surface area contributed by atoms with Gasteiger partial charge in [-0.25, -0.2) is 0 Å². The lowest BCUT2D eigenvalue weighted by atomic mass is 10.2. The Morgan fingerprint density at radius 2 is 1.90 bits per heavy atom. The van der Waals surface area contributed by atoms with Gasteiger partial charge < -0.3 is 4.79 Å². The first-order chi connectivity index (χ1) is 4.66. The van der Waals surface area contributed by atoms with Crippen molar-refractivity contribution in [2.24, 2.45) is 0 Å². The second-order valence-corrected chi connectivity index (χ2v) is 3.00. The minimum absolute atomic E-state index is 0.161. The van der Waals surface area contributed by atoms with E-state index in [1.54, 1.807) is 13.2 Å². The molecule has 0 amide bonds. The molecule has 0 unspecified atom stereocenters. The predicted octanol–water partition coefficient (Wildman–Crippen LogP) is 1.64. The van der Waals surface area contributed by atoms with Crippen LogP contribution in [-0.4, -0.2) is 17.2 Å². The van der Waals surface area contributed by atoms with Gasteiger partial charge in [0.2, 0.25) is 0 Å². The van der Waals surface area contributed by atoms with Gasteiger partial charge in [0.1, 0.15) is 5.78 Å². The van der Waals surface area contributed by atoms with Gasteiger partial charge in [-0.3, -0.25) is 4.79 Å². The second-order valence-electron chi connectivity index (χ2n) is 2.13. The zero-order valence-electron chi connectivity index (χ0n) is 6.35. The van der Waals surface area contributed by atoms with E-state index in [0.717, 1.165) is 0 Å². The molecule has 0 rings (SSSR count). The summed E-state index contributed by atoms with van der Waals surface area (Å²) in [5.41, 5.74) is 0. The molecule has 0 aromatic heterocycles.